The number of carbonyl (C=O) groups is 1. The minimum atomic E-state index is -3.21. The zero-order chi connectivity index (χ0) is 16.5. The number of nitrogens with one attached hydrogen (secondary N) is 1. The molecule has 0 aliphatic carbocycles. The molecule has 2 heterocycles. The molecular weight excluding hydrogens is 304 g/mol. The largest absolute Gasteiger partial charge is 0.348 e. The molecule has 1 aliphatic heterocycles. The summed E-state index contributed by atoms with van der Waals surface area (Å²) in [5.74, 6) is -0.212. The Morgan fingerprint density at radius 1 is 1.41 bits per heavy atom. The molecular formula is C14H24N4O3S. The number of piperidine rings is 1. The fourth-order valence-corrected chi connectivity index (χ4v) is 3.35. The van der Waals surface area contributed by atoms with Crippen molar-refractivity contribution < 1.29 is 13.2 Å². The van der Waals surface area contributed by atoms with Crippen molar-refractivity contribution in [3.05, 3.63) is 18.0 Å². The first kappa shape index (κ1) is 17.0. The Labute approximate surface area is 131 Å². The lowest BCUT2D eigenvalue weighted by atomic mass is 10.1. The van der Waals surface area contributed by atoms with Crippen LogP contribution in [0.15, 0.2) is 12.4 Å². The first-order valence-electron chi connectivity index (χ1n) is 7.38. The summed E-state index contributed by atoms with van der Waals surface area (Å²) < 4.78 is 26.4. The van der Waals surface area contributed by atoms with Gasteiger partial charge in [0.1, 0.15) is 0 Å². The Bertz CT molecular complexity index is 645. The van der Waals surface area contributed by atoms with Gasteiger partial charge >= 0.3 is 0 Å². The first-order chi connectivity index (χ1) is 10.1. The van der Waals surface area contributed by atoms with E-state index in [-0.39, 0.29) is 17.5 Å². The van der Waals surface area contributed by atoms with Crippen LogP contribution in [0.5, 0.6) is 0 Å². The number of nitrogens with zero attached hydrogens (tertiary/aromatic N) is 3. The van der Waals surface area contributed by atoms with Gasteiger partial charge in [-0.15, -0.1) is 0 Å². The van der Waals surface area contributed by atoms with Crippen LogP contribution in [0.4, 0.5) is 0 Å². The highest BCUT2D eigenvalue weighted by Gasteiger charge is 2.27. The van der Waals surface area contributed by atoms with Gasteiger partial charge in [-0.1, -0.05) is 0 Å². The van der Waals surface area contributed by atoms with Crippen molar-refractivity contribution in [2.24, 2.45) is 0 Å². The molecule has 0 bridgehead atoms. The Hall–Kier alpha value is -1.41. The maximum atomic E-state index is 12.3. The molecule has 0 radical (unpaired) electrons. The summed E-state index contributed by atoms with van der Waals surface area (Å²) >= 11 is 0. The zero-order valence-electron chi connectivity index (χ0n) is 13.5. The normalized spacial score (nSPS) is 20.8. The molecule has 1 aromatic heterocycles. The summed E-state index contributed by atoms with van der Waals surface area (Å²) in [6, 6.07) is -0.158. The highest BCUT2D eigenvalue weighted by atomic mass is 32.2. The van der Waals surface area contributed by atoms with Crippen LogP contribution in [0.3, 0.4) is 0 Å². The number of hydrogen-bond acceptors (Lipinski definition) is 4. The second-order valence-electron chi connectivity index (χ2n) is 6.78. The van der Waals surface area contributed by atoms with E-state index in [1.165, 1.54) is 16.8 Å². The van der Waals surface area contributed by atoms with Crippen LogP contribution in [-0.2, 0) is 15.6 Å². The Morgan fingerprint density at radius 3 is 2.64 bits per heavy atom. The van der Waals surface area contributed by atoms with E-state index >= 15 is 0 Å². The first-order valence-corrected chi connectivity index (χ1v) is 9.23. The van der Waals surface area contributed by atoms with Crippen molar-refractivity contribution in [2.45, 2.75) is 45.2 Å². The molecule has 8 heteroatoms. The van der Waals surface area contributed by atoms with E-state index in [0.29, 0.717) is 18.7 Å². The minimum Gasteiger partial charge on any atom is -0.348 e. The van der Waals surface area contributed by atoms with Crippen LogP contribution in [-0.4, -0.2) is 53.8 Å². The summed E-state index contributed by atoms with van der Waals surface area (Å²) in [7, 11) is -3.21. The second kappa shape index (κ2) is 6.00. The van der Waals surface area contributed by atoms with Crippen molar-refractivity contribution in [2.75, 3.05) is 19.3 Å². The van der Waals surface area contributed by atoms with Gasteiger partial charge in [0.2, 0.25) is 10.0 Å². The maximum Gasteiger partial charge on any atom is 0.254 e. The minimum absolute atomic E-state index is 0.158. The van der Waals surface area contributed by atoms with Gasteiger partial charge in [-0.05, 0) is 33.6 Å². The summed E-state index contributed by atoms with van der Waals surface area (Å²) in [5, 5.41) is 7.11. The van der Waals surface area contributed by atoms with Crippen molar-refractivity contribution in [1.29, 1.82) is 0 Å². The van der Waals surface area contributed by atoms with Gasteiger partial charge in [-0.3, -0.25) is 9.48 Å². The Morgan fingerprint density at radius 2 is 2.09 bits per heavy atom. The van der Waals surface area contributed by atoms with E-state index in [2.05, 4.69) is 10.4 Å². The maximum absolute atomic E-state index is 12.3. The molecule has 7 nitrogen and oxygen atoms in total. The molecule has 1 fully saturated rings. The quantitative estimate of drug-likeness (QED) is 0.889. The van der Waals surface area contributed by atoms with Gasteiger partial charge in [-0.25, -0.2) is 12.7 Å². The lowest BCUT2D eigenvalue weighted by Crippen LogP contribution is -2.49. The summed E-state index contributed by atoms with van der Waals surface area (Å²) in [5.41, 5.74) is 0.308. The van der Waals surface area contributed by atoms with Gasteiger partial charge in [-0.2, -0.15) is 5.10 Å². The van der Waals surface area contributed by atoms with Crippen LogP contribution in [0.25, 0.3) is 0 Å². The number of rotatable bonds is 3. The SMILES string of the molecule is CC(C)(C)n1cc(C(=O)NC2CCCN(S(C)(=O)=O)C2)cn1. The number of hydrogen-bond donors (Lipinski definition) is 1. The highest BCUT2D eigenvalue weighted by Crippen LogP contribution is 2.15. The van der Waals surface area contributed by atoms with E-state index in [4.69, 9.17) is 0 Å². The summed E-state index contributed by atoms with van der Waals surface area (Å²) in [4.78, 5) is 12.3. The number of carbonyl (C=O) groups excluding carboxylic acids is 1. The molecule has 0 saturated carbocycles. The molecule has 1 unspecified atom stereocenters. The predicted octanol–water partition coefficient (Wildman–Crippen LogP) is 0.792. The number of sulfonamides is 1. The zero-order valence-corrected chi connectivity index (χ0v) is 14.4. The van der Waals surface area contributed by atoms with E-state index < -0.39 is 10.0 Å². The number of amides is 1. The third-order valence-corrected chi connectivity index (χ3v) is 4.99. The predicted molar refractivity (Wildman–Crippen MR) is 84.1 cm³/mol. The molecule has 22 heavy (non-hydrogen) atoms. The summed E-state index contributed by atoms with van der Waals surface area (Å²) in [6.07, 6.45) is 5.99. The molecule has 124 valence electrons. The van der Waals surface area contributed by atoms with Crippen LogP contribution in [0, 0.1) is 0 Å². The molecule has 2 rings (SSSR count). The van der Waals surface area contributed by atoms with Gasteiger partial charge in [0, 0.05) is 25.3 Å². The summed E-state index contributed by atoms with van der Waals surface area (Å²) in [6.45, 7) is 6.87. The third-order valence-electron chi connectivity index (χ3n) is 3.72. The van der Waals surface area contributed by atoms with E-state index in [1.807, 2.05) is 20.8 Å². The van der Waals surface area contributed by atoms with Crippen molar-refractivity contribution >= 4 is 15.9 Å². The van der Waals surface area contributed by atoms with E-state index in [0.717, 1.165) is 12.8 Å². The topological polar surface area (TPSA) is 84.3 Å². The standard InChI is InChI=1S/C14H24N4O3S/c1-14(2,3)18-9-11(8-15-18)13(19)16-12-6-5-7-17(10-12)22(4,20)21/h8-9,12H,5-7,10H2,1-4H3,(H,16,19). The lowest BCUT2D eigenvalue weighted by Gasteiger charge is -2.31. The molecule has 1 aromatic rings. The third kappa shape index (κ3) is 4.07. The van der Waals surface area contributed by atoms with Crippen LogP contribution < -0.4 is 5.32 Å². The van der Waals surface area contributed by atoms with Crippen molar-refractivity contribution in [1.82, 2.24) is 19.4 Å². The van der Waals surface area contributed by atoms with Crippen LogP contribution in [0.1, 0.15) is 44.0 Å². The van der Waals surface area contributed by atoms with Gasteiger partial charge in [0.05, 0.1) is 23.6 Å². The second-order valence-corrected chi connectivity index (χ2v) is 8.76. The van der Waals surface area contributed by atoms with Gasteiger partial charge in [0.25, 0.3) is 5.91 Å². The Balaban J connectivity index is 2.01. The molecule has 0 aromatic carbocycles. The molecule has 0 spiro atoms. The fraction of sp³-hybridized carbons (Fsp3) is 0.714. The van der Waals surface area contributed by atoms with Crippen molar-refractivity contribution in [3.63, 3.8) is 0 Å². The lowest BCUT2D eigenvalue weighted by molar-refractivity contribution is 0.0921. The highest BCUT2D eigenvalue weighted by molar-refractivity contribution is 7.88. The molecule has 1 aliphatic rings. The average Bonchev–Trinajstić information content (AvgIpc) is 2.87. The molecule has 1 N–H and O–H groups in total. The van der Waals surface area contributed by atoms with Gasteiger partial charge in [0.15, 0.2) is 0 Å². The van der Waals surface area contributed by atoms with E-state index in [9.17, 15) is 13.2 Å². The fourth-order valence-electron chi connectivity index (χ4n) is 2.44. The van der Waals surface area contributed by atoms with E-state index in [1.54, 1.807) is 10.9 Å². The van der Waals surface area contributed by atoms with Crippen LogP contribution in [0.2, 0.25) is 0 Å². The number of aromatic nitrogens is 2. The molecule has 1 atom stereocenters. The van der Waals surface area contributed by atoms with Gasteiger partial charge < -0.3 is 5.32 Å². The van der Waals surface area contributed by atoms with Crippen LogP contribution >= 0.6 is 0 Å². The smallest absolute Gasteiger partial charge is 0.254 e. The monoisotopic (exact) mass is 328 g/mol. The Kier molecular flexibility index (Phi) is 4.62. The van der Waals surface area contributed by atoms with Crippen molar-refractivity contribution in [3.8, 4) is 0 Å². The average molecular weight is 328 g/mol. The molecule has 1 amide bonds. The molecule has 1 saturated heterocycles.